The fourth-order valence-electron chi connectivity index (χ4n) is 3.43. The highest BCUT2D eigenvalue weighted by molar-refractivity contribution is 5.95. The molecule has 1 aromatic heterocycles. The number of rotatable bonds is 6. The molecule has 0 saturated heterocycles. The summed E-state index contributed by atoms with van der Waals surface area (Å²) >= 11 is 0. The lowest BCUT2D eigenvalue weighted by molar-refractivity contribution is 0.0783. The van der Waals surface area contributed by atoms with E-state index in [1.54, 1.807) is 37.3 Å². The van der Waals surface area contributed by atoms with Crippen LogP contribution in [0.2, 0.25) is 0 Å². The zero-order chi connectivity index (χ0) is 21.8. The standard InChI is InChI=1S/C24H28N4O2/c1-16(2)22-21(14-26-28(22)20-12-6-17(3)7-13-20)24(30)27(5)15-18-8-10-19(11-9-18)23(29)25-4/h6-14,16H,15H2,1-5H3,(H,25,29). The summed E-state index contributed by atoms with van der Waals surface area (Å²) in [6.45, 7) is 6.62. The van der Waals surface area contributed by atoms with Crippen LogP contribution in [-0.4, -0.2) is 40.6 Å². The van der Waals surface area contributed by atoms with Gasteiger partial charge in [-0.2, -0.15) is 5.10 Å². The smallest absolute Gasteiger partial charge is 0.257 e. The minimum absolute atomic E-state index is 0.0764. The SMILES string of the molecule is CNC(=O)c1ccc(CN(C)C(=O)c2cnn(-c3ccc(C)cc3)c2C(C)C)cc1. The molecule has 2 aromatic carbocycles. The number of nitrogens with one attached hydrogen (secondary N) is 1. The van der Waals surface area contributed by atoms with E-state index in [2.05, 4.69) is 24.3 Å². The van der Waals surface area contributed by atoms with Gasteiger partial charge in [0.2, 0.25) is 0 Å². The van der Waals surface area contributed by atoms with Crippen LogP contribution in [0.5, 0.6) is 0 Å². The first-order valence-corrected chi connectivity index (χ1v) is 10.0. The van der Waals surface area contributed by atoms with Crippen molar-refractivity contribution in [1.29, 1.82) is 0 Å². The van der Waals surface area contributed by atoms with Gasteiger partial charge in [-0.15, -0.1) is 0 Å². The number of aromatic nitrogens is 2. The fraction of sp³-hybridized carbons (Fsp3) is 0.292. The van der Waals surface area contributed by atoms with E-state index in [4.69, 9.17) is 0 Å². The van der Waals surface area contributed by atoms with E-state index in [1.165, 1.54) is 5.56 Å². The molecule has 3 rings (SSSR count). The third-order valence-electron chi connectivity index (χ3n) is 5.07. The second-order valence-corrected chi connectivity index (χ2v) is 7.78. The summed E-state index contributed by atoms with van der Waals surface area (Å²) in [5.41, 5.74) is 5.17. The maximum absolute atomic E-state index is 13.2. The third-order valence-corrected chi connectivity index (χ3v) is 5.07. The molecular formula is C24H28N4O2. The lowest BCUT2D eigenvalue weighted by Gasteiger charge is -2.19. The van der Waals surface area contributed by atoms with Crippen LogP contribution in [0.4, 0.5) is 0 Å². The van der Waals surface area contributed by atoms with Crippen molar-refractivity contribution in [2.24, 2.45) is 0 Å². The Morgan fingerprint density at radius 2 is 1.70 bits per heavy atom. The van der Waals surface area contributed by atoms with Crippen LogP contribution in [0, 0.1) is 6.92 Å². The summed E-state index contributed by atoms with van der Waals surface area (Å²) in [4.78, 5) is 26.6. The van der Waals surface area contributed by atoms with Gasteiger partial charge in [-0.1, -0.05) is 43.7 Å². The number of carbonyl (C=O) groups is 2. The number of nitrogens with zero attached hydrogens (tertiary/aromatic N) is 3. The van der Waals surface area contributed by atoms with E-state index in [-0.39, 0.29) is 17.7 Å². The summed E-state index contributed by atoms with van der Waals surface area (Å²) in [5, 5.41) is 7.12. The first-order chi connectivity index (χ1) is 14.3. The van der Waals surface area contributed by atoms with E-state index in [9.17, 15) is 9.59 Å². The summed E-state index contributed by atoms with van der Waals surface area (Å²) in [5.74, 6) is -0.0727. The monoisotopic (exact) mass is 404 g/mol. The van der Waals surface area contributed by atoms with Gasteiger partial charge < -0.3 is 10.2 Å². The fourth-order valence-corrected chi connectivity index (χ4v) is 3.43. The molecule has 0 aliphatic carbocycles. The predicted molar refractivity (Wildman–Crippen MR) is 118 cm³/mol. The summed E-state index contributed by atoms with van der Waals surface area (Å²) in [7, 11) is 3.38. The van der Waals surface area contributed by atoms with Crippen LogP contribution in [0.25, 0.3) is 5.69 Å². The molecule has 0 bridgehead atoms. The van der Waals surface area contributed by atoms with Crippen molar-refractivity contribution in [3.8, 4) is 5.69 Å². The Morgan fingerprint density at radius 1 is 1.07 bits per heavy atom. The summed E-state index contributed by atoms with van der Waals surface area (Å²) < 4.78 is 1.85. The lowest BCUT2D eigenvalue weighted by atomic mass is 10.0. The van der Waals surface area contributed by atoms with Crippen molar-refractivity contribution >= 4 is 11.8 Å². The molecule has 30 heavy (non-hydrogen) atoms. The molecule has 0 aliphatic heterocycles. The van der Waals surface area contributed by atoms with Crippen molar-refractivity contribution in [1.82, 2.24) is 20.0 Å². The lowest BCUT2D eigenvalue weighted by Crippen LogP contribution is -2.27. The van der Waals surface area contributed by atoms with E-state index in [0.29, 0.717) is 17.7 Å². The van der Waals surface area contributed by atoms with Crippen LogP contribution in [0.15, 0.2) is 54.7 Å². The Labute approximate surface area is 177 Å². The van der Waals surface area contributed by atoms with Gasteiger partial charge in [-0.3, -0.25) is 9.59 Å². The Hall–Kier alpha value is -3.41. The molecule has 0 atom stereocenters. The Bertz CT molecular complexity index is 1030. The van der Waals surface area contributed by atoms with Crippen molar-refractivity contribution < 1.29 is 9.59 Å². The van der Waals surface area contributed by atoms with Crippen LogP contribution in [-0.2, 0) is 6.54 Å². The number of hydrogen-bond acceptors (Lipinski definition) is 3. The second-order valence-electron chi connectivity index (χ2n) is 7.78. The molecule has 2 amide bonds. The molecule has 1 N–H and O–H groups in total. The van der Waals surface area contributed by atoms with Gasteiger partial charge in [0.1, 0.15) is 0 Å². The molecule has 6 heteroatoms. The summed E-state index contributed by atoms with van der Waals surface area (Å²) in [6, 6.07) is 15.4. The van der Waals surface area contributed by atoms with E-state index in [0.717, 1.165) is 16.9 Å². The number of hydrogen-bond donors (Lipinski definition) is 1. The van der Waals surface area contributed by atoms with Gasteiger partial charge >= 0.3 is 0 Å². The van der Waals surface area contributed by atoms with E-state index < -0.39 is 0 Å². The minimum Gasteiger partial charge on any atom is -0.355 e. The maximum atomic E-state index is 13.2. The molecule has 0 unspecified atom stereocenters. The average molecular weight is 405 g/mol. The van der Waals surface area contributed by atoms with Crippen LogP contribution >= 0.6 is 0 Å². The number of amides is 2. The Balaban J connectivity index is 1.83. The first kappa shape index (κ1) is 21.3. The van der Waals surface area contributed by atoms with Crippen LogP contribution < -0.4 is 5.32 Å². The zero-order valence-corrected chi connectivity index (χ0v) is 18.1. The molecule has 1 heterocycles. The van der Waals surface area contributed by atoms with Crippen molar-refractivity contribution in [3.05, 3.63) is 82.7 Å². The number of carbonyl (C=O) groups excluding carboxylic acids is 2. The van der Waals surface area contributed by atoms with Crippen molar-refractivity contribution in [2.75, 3.05) is 14.1 Å². The molecule has 0 fully saturated rings. The molecule has 156 valence electrons. The topological polar surface area (TPSA) is 67.2 Å². The quantitative estimate of drug-likeness (QED) is 0.677. The average Bonchev–Trinajstić information content (AvgIpc) is 3.19. The first-order valence-electron chi connectivity index (χ1n) is 10.0. The van der Waals surface area contributed by atoms with Crippen LogP contribution in [0.1, 0.15) is 57.3 Å². The van der Waals surface area contributed by atoms with Gasteiger partial charge in [0.15, 0.2) is 0 Å². The number of aryl methyl sites for hydroxylation is 1. The second kappa shape index (κ2) is 8.95. The molecular weight excluding hydrogens is 376 g/mol. The van der Waals surface area contributed by atoms with Gasteiger partial charge in [-0.05, 0) is 42.7 Å². The van der Waals surface area contributed by atoms with E-state index in [1.807, 2.05) is 48.0 Å². The van der Waals surface area contributed by atoms with Gasteiger partial charge in [0.05, 0.1) is 23.1 Å². The largest absolute Gasteiger partial charge is 0.355 e. The highest BCUT2D eigenvalue weighted by atomic mass is 16.2. The van der Waals surface area contributed by atoms with Crippen LogP contribution in [0.3, 0.4) is 0 Å². The highest BCUT2D eigenvalue weighted by Crippen LogP contribution is 2.24. The molecule has 0 aliphatic rings. The molecule has 3 aromatic rings. The maximum Gasteiger partial charge on any atom is 0.257 e. The Kier molecular flexibility index (Phi) is 6.35. The molecule has 0 radical (unpaired) electrons. The van der Waals surface area contributed by atoms with Crippen molar-refractivity contribution in [3.63, 3.8) is 0 Å². The highest BCUT2D eigenvalue weighted by Gasteiger charge is 2.23. The summed E-state index contributed by atoms with van der Waals surface area (Å²) in [6.07, 6.45) is 1.66. The number of benzene rings is 2. The molecule has 0 saturated carbocycles. The van der Waals surface area contributed by atoms with Gasteiger partial charge in [0.25, 0.3) is 11.8 Å². The zero-order valence-electron chi connectivity index (χ0n) is 18.1. The van der Waals surface area contributed by atoms with Gasteiger partial charge in [-0.25, -0.2) is 4.68 Å². The molecule has 0 spiro atoms. The minimum atomic E-state index is -0.129. The third kappa shape index (κ3) is 4.43. The normalized spacial score (nSPS) is 10.9. The Morgan fingerprint density at radius 3 is 2.27 bits per heavy atom. The van der Waals surface area contributed by atoms with Crippen molar-refractivity contribution in [2.45, 2.75) is 33.2 Å². The molecule has 6 nitrogen and oxygen atoms in total. The predicted octanol–water partition coefficient (Wildman–Crippen LogP) is 3.94. The van der Waals surface area contributed by atoms with E-state index >= 15 is 0 Å². The van der Waals surface area contributed by atoms with Gasteiger partial charge in [0, 0.05) is 26.2 Å².